The Balaban J connectivity index is 2.33. The van der Waals surface area contributed by atoms with Crippen molar-refractivity contribution in [1.82, 2.24) is 10.4 Å². The van der Waals surface area contributed by atoms with Crippen LogP contribution in [0.1, 0.15) is 29.2 Å². The molecule has 1 heterocycles. The first-order chi connectivity index (χ1) is 9.29. The minimum absolute atomic E-state index is 0.296. The molecule has 5 heteroatoms. The maximum Gasteiger partial charge on any atom is 0.417 e. The summed E-state index contributed by atoms with van der Waals surface area (Å²) in [6, 6.07) is 3.35. The third-order valence-corrected chi connectivity index (χ3v) is 3.86. The molecule has 0 unspecified atom stereocenters. The topological polar surface area (TPSA) is 15.3 Å². The third-order valence-electron chi connectivity index (χ3n) is 3.86. The minimum atomic E-state index is -4.32. The van der Waals surface area contributed by atoms with Crippen LogP contribution in [0.15, 0.2) is 23.9 Å². The molecule has 1 aliphatic carbocycles. The minimum Gasteiger partial charge on any atom is -0.323 e. The van der Waals surface area contributed by atoms with Gasteiger partial charge in [0.25, 0.3) is 0 Å². The van der Waals surface area contributed by atoms with Crippen LogP contribution < -0.4 is 5.43 Å². The van der Waals surface area contributed by atoms with Gasteiger partial charge in [-0.1, -0.05) is 12.1 Å². The van der Waals surface area contributed by atoms with E-state index in [1.807, 2.05) is 25.9 Å². The van der Waals surface area contributed by atoms with Crippen LogP contribution in [0.2, 0.25) is 0 Å². The van der Waals surface area contributed by atoms with Crippen molar-refractivity contribution in [2.45, 2.75) is 26.6 Å². The number of rotatable bonds is 0. The van der Waals surface area contributed by atoms with Crippen LogP contribution in [-0.2, 0) is 6.54 Å². The number of aryl methyl sites for hydroxylation is 1. The van der Waals surface area contributed by atoms with Crippen LogP contribution in [0.25, 0.3) is 11.1 Å². The van der Waals surface area contributed by atoms with Crippen LogP contribution in [-0.4, -0.2) is 18.2 Å². The number of benzene rings is 1. The van der Waals surface area contributed by atoms with Crippen molar-refractivity contribution in [3.8, 4) is 0 Å². The number of nitrogens with one attached hydrogen (secondary N) is 1. The van der Waals surface area contributed by atoms with Gasteiger partial charge in [-0.05, 0) is 42.2 Å². The second-order valence-electron chi connectivity index (χ2n) is 5.35. The van der Waals surface area contributed by atoms with Gasteiger partial charge < -0.3 is 5.43 Å². The molecule has 0 radical (unpaired) electrons. The molecule has 1 aromatic carbocycles. The normalized spacial score (nSPS) is 18.6. The van der Waals surface area contributed by atoms with Crippen molar-refractivity contribution >= 4 is 11.1 Å². The molecule has 1 N–H and O–H groups in total. The molecule has 3 rings (SSSR count). The lowest BCUT2D eigenvalue weighted by Crippen LogP contribution is -2.31. The number of halogens is 3. The van der Waals surface area contributed by atoms with E-state index in [-0.39, 0.29) is 0 Å². The molecule has 0 saturated heterocycles. The molecule has 0 aromatic heterocycles. The highest BCUT2D eigenvalue weighted by molar-refractivity contribution is 5.99. The van der Waals surface area contributed by atoms with Gasteiger partial charge in [-0.2, -0.15) is 13.2 Å². The first-order valence-corrected chi connectivity index (χ1v) is 6.40. The van der Waals surface area contributed by atoms with Crippen LogP contribution in [0.4, 0.5) is 13.2 Å². The summed E-state index contributed by atoms with van der Waals surface area (Å²) in [7, 11) is 1.89. The van der Waals surface area contributed by atoms with E-state index in [4.69, 9.17) is 0 Å². The lowest BCUT2D eigenvalue weighted by Gasteiger charge is -2.19. The summed E-state index contributed by atoms with van der Waals surface area (Å²) in [6.07, 6.45) is -3.07. The fraction of sp³-hybridized carbons (Fsp3) is 0.333. The summed E-state index contributed by atoms with van der Waals surface area (Å²) in [5.41, 5.74) is 6.97. The standard InChI is InChI=1S/C15H15F3N2/c1-8-4-5-10-13(15(16,17)18)6-11-9(2)19-20(3)7-12(8)14(10)11/h4-6,19H,7H2,1-3H3. The van der Waals surface area contributed by atoms with Crippen LogP contribution in [0.5, 0.6) is 0 Å². The number of hydrogen-bond donors (Lipinski definition) is 1. The van der Waals surface area contributed by atoms with Crippen molar-refractivity contribution in [1.29, 1.82) is 0 Å². The summed E-state index contributed by atoms with van der Waals surface area (Å²) in [5, 5.41) is 1.89. The molecule has 1 aromatic rings. The van der Waals surface area contributed by atoms with Crippen molar-refractivity contribution in [2.75, 3.05) is 7.05 Å². The van der Waals surface area contributed by atoms with E-state index in [2.05, 4.69) is 5.43 Å². The van der Waals surface area contributed by atoms with Crippen LogP contribution in [0.3, 0.4) is 0 Å². The number of nitrogens with zero attached hydrogens (tertiary/aromatic N) is 1. The fourth-order valence-corrected chi connectivity index (χ4v) is 2.94. The lowest BCUT2D eigenvalue weighted by molar-refractivity contribution is -0.0687. The van der Waals surface area contributed by atoms with E-state index in [0.29, 0.717) is 17.7 Å². The second kappa shape index (κ2) is 4.12. The predicted molar refractivity (Wildman–Crippen MR) is 72.4 cm³/mol. The fourth-order valence-electron chi connectivity index (χ4n) is 2.94. The van der Waals surface area contributed by atoms with Gasteiger partial charge in [-0.15, -0.1) is 0 Å². The average Bonchev–Trinajstić information content (AvgIpc) is 2.66. The quantitative estimate of drug-likeness (QED) is 0.780. The molecule has 106 valence electrons. The van der Waals surface area contributed by atoms with E-state index in [9.17, 15) is 13.2 Å². The van der Waals surface area contributed by atoms with Gasteiger partial charge in [0.15, 0.2) is 0 Å². The Bertz CT molecular complexity index is 654. The summed E-state index contributed by atoms with van der Waals surface area (Å²) < 4.78 is 39.6. The van der Waals surface area contributed by atoms with Crippen molar-refractivity contribution in [2.24, 2.45) is 0 Å². The van der Waals surface area contributed by atoms with E-state index in [1.54, 1.807) is 12.1 Å². The molecular formula is C15H15F3N2. The second-order valence-corrected chi connectivity index (χ2v) is 5.35. The molecule has 0 bridgehead atoms. The van der Waals surface area contributed by atoms with E-state index in [0.717, 1.165) is 22.4 Å². The Morgan fingerprint density at radius 1 is 1.20 bits per heavy atom. The van der Waals surface area contributed by atoms with E-state index >= 15 is 0 Å². The number of allylic oxidation sites excluding steroid dienone is 4. The highest BCUT2D eigenvalue weighted by atomic mass is 19.4. The zero-order valence-corrected chi connectivity index (χ0v) is 11.5. The zero-order chi connectivity index (χ0) is 14.7. The first kappa shape index (κ1) is 13.2. The maximum atomic E-state index is 13.2. The van der Waals surface area contributed by atoms with Crippen molar-refractivity contribution in [3.05, 3.63) is 46.2 Å². The monoisotopic (exact) mass is 280 g/mol. The lowest BCUT2D eigenvalue weighted by atomic mass is 9.93. The van der Waals surface area contributed by atoms with Gasteiger partial charge in [0.1, 0.15) is 0 Å². The van der Waals surface area contributed by atoms with Crippen LogP contribution >= 0.6 is 0 Å². The average molecular weight is 280 g/mol. The van der Waals surface area contributed by atoms with Crippen molar-refractivity contribution in [3.63, 3.8) is 0 Å². The molecule has 0 fully saturated rings. The summed E-state index contributed by atoms with van der Waals surface area (Å²) in [4.78, 5) is 0. The van der Waals surface area contributed by atoms with Gasteiger partial charge in [-0.3, -0.25) is 0 Å². The molecule has 1 aliphatic heterocycles. The molecule has 0 saturated carbocycles. The zero-order valence-electron chi connectivity index (χ0n) is 11.5. The van der Waals surface area contributed by atoms with E-state index in [1.165, 1.54) is 6.08 Å². The summed E-state index contributed by atoms with van der Waals surface area (Å²) in [5.74, 6) is 0. The van der Waals surface area contributed by atoms with Gasteiger partial charge in [-0.25, -0.2) is 5.01 Å². The summed E-state index contributed by atoms with van der Waals surface area (Å²) >= 11 is 0. The number of hydrogen-bond acceptors (Lipinski definition) is 2. The van der Waals surface area contributed by atoms with Gasteiger partial charge in [0.05, 0.1) is 5.57 Å². The molecule has 0 amide bonds. The molecule has 2 aliphatic rings. The number of alkyl halides is 3. The Morgan fingerprint density at radius 2 is 1.90 bits per heavy atom. The largest absolute Gasteiger partial charge is 0.417 e. The molecule has 2 nitrogen and oxygen atoms in total. The molecular weight excluding hydrogens is 265 g/mol. The Morgan fingerprint density at radius 3 is 2.55 bits per heavy atom. The predicted octanol–water partition coefficient (Wildman–Crippen LogP) is 3.64. The molecule has 20 heavy (non-hydrogen) atoms. The highest BCUT2D eigenvalue weighted by Crippen LogP contribution is 2.47. The Hall–Kier alpha value is -1.75. The molecule has 0 spiro atoms. The third kappa shape index (κ3) is 1.85. The molecule has 0 atom stereocenters. The van der Waals surface area contributed by atoms with Gasteiger partial charge in [0.2, 0.25) is 0 Å². The van der Waals surface area contributed by atoms with E-state index < -0.39 is 11.7 Å². The SMILES string of the molecule is CC1=C2C=C(C(F)(F)F)c3ccc(C)c(c32)CN(C)N1. The maximum absolute atomic E-state index is 13.2. The Labute approximate surface area is 115 Å². The first-order valence-electron chi connectivity index (χ1n) is 6.40. The Kier molecular flexibility index (Phi) is 2.73. The smallest absolute Gasteiger partial charge is 0.323 e. The highest BCUT2D eigenvalue weighted by Gasteiger charge is 2.41. The van der Waals surface area contributed by atoms with Crippen molar-refractivity contribution < 1.29 is 13.2 Å². The van der Waals surface area contributed by atoms with Crippen LogP contribution in [0, 0.1) is 6.92 Å². The van der Waals surface area contributed by atoms with Gasteiger partial charge in [0, 0.05) is 24.9 Å². The van der Waals surface area contributed by atoms with Gasteiger partial charge >= 0.3 is 6.18 Å². The summed E-state index contributed by atoms with van der Waals surface area (Å²) in [6.45, 7) is 4.32. The number of hydrazine groups is 1.